The van der Waals surface area contributed by atoms with Gasteiger partial charge >= 0.3 is 0 Å². The molecule has 2 rings (SSSR count). The third-order valence-corrected chi connectivity index (χ3v) is 1.98. The second kappa shape index (κ2) is 2.17. The Morgan fingerprint density at radius 2 is 1.90 bits per heavy atom. The summed E-state index contributed by atoms with van der Waals surface area (Å²) in [6, 6.07) is 0. The summed E-state index contributed by atoms with van der Waals surface area (Å²) < 4.78 is 10.0. The highest BCUT2D eigenvalue weighted by Crippen LogP contribution is 2.25. The van der Waals surface area contributed by atoms with E-state index < -0.39 is 18.3 Å². The molecule has 0 aromatic heterocycles. The van der Waals surface area contributed by atoms with Crippen LogP contribution in [0.15, 0.2) is 0 Å². The minimum atomic E-state index is -0.804. The Kier molecular flexibility index (Phi) is 1.42. The van der Waals surface area contributed by atoms with Gasteiger partial charge in [0.25, 0.3) is 0 Å². The molecule has 10 heavy (non-hydrogen) atoms. The zero-order valence-corrected chi connectivity index (χ0v) is 5.40. The van der Waals surface area contributed by atoms with Crippen LogP contribution in [0, 0.1) is 0 Å². The van der Waals surface area contributed by atoms with Crippen LogP contribution in [0.5, 0.6) is 0 Å². The maximum atomic E-state index is 10.9. The van der Waals surface area contributed by atoms with E-state index >= 15 is 0 Å². The Bertz CT molecular complexity index is 122. The molecular weight excluding hydrogens is 136 g/mol. The Morgan fingerprint density at radius 3 is 2.60 bits per heavy atom. The molecule has 4 heteroatoms. The summed E-state index contributed by atoms with van der Waals surface area (Å²) in [5, 5.41) is 20.1. The Balaban J connectivity index is 2.09. The van der Waals surface area contributed by atoms with Crippen LogP contribution in [-0.4, -0.2) is 42.7 Å². The normalized spacial score (nSPS) is 53.4. The van der Waals surface area contributed by atoms with Gasteiger partial charge in [-0.05, 0) is 0 Å². The standard InChI is InChI=1S/C6H9O4/c7-3-1-9-6-4(8)2-10-5(3)6/h3-7H,1-2H2/q-1/t3?,4?,5-,6-/m1/s1. The van der Waals surface area contributed by atoms with Crippen molar-refractivity contribution in [3.05, 3.63) is 0 Å². The van der Waals surface area contributed by atoms with E-state index in [0.717, 1.165) is 0 Å². The number of rotatable bonds is 0. The lowest BCUT2D eigenvalue weighted by atomic mass is 10.1. The summed E-state index contributed by atoms with van der Waals surface area (Å²) in [5.74, 6) is 0. The minimum Gasteiger partial charge on any atom is -0.848 e. The predicted molar refractivity (Wildman–Crippen MR) is 29.3 cm³/mol. The van der Waals surface area contributed by atoms with Crippen LogP contribution in [0.4, 0.5) is 0 Å². The monoisotopic (exact) mass is 145 g/mol. The van der Waals surface area contributed by atoms with E-state index in [9.17, 15) is 5.11 Å². The number of aliphatic hydroxyl groups excluding tert-OH is 1. The third-order valence-electron chi connectivity index (χ3n) is 1.98. The van der Waals surface area contributed by atoms with E-state index in [2.05, 4.69) is 0 Å². The molecule has 0 saturated carbocycles. The van der Waals surface area contributed by atoms with E-state index in [0.29, 0.717) is 0 Å². The van der Waals surface area contributed by atoms with E-state index in [1.165, 1.54) is 0 Å². The summed E-state index contributed by atoms with van der Waals surface area (Å²) in [4.78, 5) is 0. The summed E-state index contributed by atoms with van der Waals surface area (Å²) in [6.07, 6.45) is -2.16. The summed E-state index contributed by atoms with van der Waals surface area (Å²) in [5.41, 5.74) is 0. The van der Waals surface area contributed by atoms with E-state index in [4.69, 9.17) is 14.6 Å². The molecule has 4 atom stereocenters. The third kappa shape index (κ3) is 0.769. The van der Waals surface area contributed by atoms with Gasteiger partial charge < -0.3 is 19.7 Å². The van der Waals surface area contributed by atoms with Crippen LogP contribution in [0.25, 0.3) is 0 Å². The Morgan fingerprint density at radius 1 is 1.20 bits per heavy atom. The fourth-order valence-electron chi connectivity index (χ4n) is 1.44. The highest BCUT2D eigenvalue weighted by atomic mass is 16.6. The van der Waals surface area contributed by atoms with Crippen molar-refractivity contribution in [1.29, 1.82) is 0 Å². The van der Waals surface area contributed by atoms with E-state index in [1.807, 2.05) is 0 Å². The van der Waals surface area contributed by atoms with Crippen LogP contribution >= 0.6 is 0 Å². The molecule has 0 amide bonds. The van der Waals surface area contributed by atoms with Crippen LogP contribution in [0.3, 0.4) is 0 Å². The van der Waals surface area contributed by atoms with E-state index in [-0.39, 0.29) is 19.3 Å². The van der Waals surface area contributed by atoms with Gasteiger partial charge in [-0.25, -0.2) is 0 Å². The number of hydrogen-bond acceptors (Lipinski definition) is 4. The van der Waals surface area contributed by atoms with Gasteiger partial charge in [-0.1, -0.05) is 6.10 Å². The minimum absolute atomic E-state index is 0.173. The Labute approximate surface area is 58.4 Å². The zero-order valence-electron chi connectivity index (χ0n) is 5.40. The molecule has 1 N–H and O–H groups in total. The van der Waals surface area contributed by atoms with Gasteiger partial charge in [0.1, 0.15) is 12.2 Å². The Hall–Kier alpha value is -0.160. The first-order valence-corrected chi connectivity index (χ1v) is 3.36. The predicted octanol–water partition coefficient (Wildman–Crippen LogP) is -2.13. The van der Waals surface area contributed by atoms with Gasteiger partial charge in [-0.2, -0.15) is 0 Å². The average Bonchev–Trinajstić information content (AvgIpc) is 2.41. The average molecular weight is 145 g/mol. The van der Waals surface area contributed by atoms with Crippen molar-refractivity contribution < 1.29 is 19.7 Å². The molecule has 58 valence electrons. The van der Waals surface area contributed by atoms with Gasteiger partial charge in [0, 0.05) is 6.61 Å². The van der Waals surface area contributed by atoms with Crippen molar-refractivity contribution in [2.75, 3.05) is 13.2 Å². The molecule has 2 aliphatic heterocycles. The first-order chi connectivity index (χ1) is 4.79. The molecule has 0 aromatic rings. The molecule has 2 aliphatic rings. The number of ether oxygens (including phenoxy) is 2. The van der Waals surface area contributed by atoms with Crippen molar-refractivity contribution >= 4 is 0 Å². The van der Waals surface area contributed by atoms with E-state index in [1.54, 1.807) is 0 Å². The zero-order chi connectivity index (χ0) is 7.14. The molecule has 2 unspecified atom stereocenters. The molecule has 2 heterocycles. The van der Waals surface area contributed by atoms with Gasteiger partial charge in [0.15, 0.2) is 0 Å². The first kappa shape index (κ1) is 6.54. The van der Waals surface area contributed by atoms with Gasteiger partial charge in [0.05, 0.1) is 12.7 Å². The molecule has 0 aliphatic carbocycles. The maximum Gasteiger partial charge on any atom is 0.111 e. The van der Waals surface area contributed by atoms with Crippen LogP contribution in [0.1, 0.15) is 0 Å². The lowest BCUT2D eigenvalue weighted by molar-refractivity contribution is -0.430. The van der Waals surface area contributed by atoms with Crippen molar-refractivity contribution in [1.82, 2.24) is 0 Å². The molecule has 2 fully saturated rings. The van der Waals surface area contributed by atoms with Gasteiger partial charge in [-0.15, -0.1) is 0 Å². The van der Waals surface area contributed by atoms with Crippen molar-refractivity contribution in [2.24, 2.45) is 0 Å². The maximum absolute atomic E-state index is 10.9. The fraction of sp³-hybridized carbons (Fsp3) is 1.00. The molecule has 0 aromatic carbocycles. The topological polar surface area (TPSA) is 61.8 Å². The molecule has 4 nitrogen and oxygen atoms in total. The molecule has 2 saturated heterocycles. The van der Waals surface area contributed by atoms with Crippen molar-refractivity contribution in [2.45, 2.75) is 24.4 Å². The first-order valence-electron chi connectivity index (χ1n) is 3.36. The quantitative estimate of drug-likeness (QED) is 0.423. The second-order valence-electron chi connectivity index (χ2n) is 2.70. The largest absolute Gasteiger partial charge is 0.848 e. The summed E-state index contributed by atoms with van der Waals surface area (Å²) >= 11 is 0. The molecule has 0 bridgehead atoms. The molecular formula is C6H9O4-. The van der Waals surface area contributed by atoms with Gasteiger partial charge in [-0.3, -0.25) is 0 Å². The summed E-state index contributed by atoms with van der Waals surface area (Å²) in [6.45, 7) is 0.417. The smallest absolute Gasteiger partial charge is 0.111 e. The SMILES string of the molecule is [O-]C1CO[C@@H]2C(O)CO[C@H]12. The van der Waals surface area contributed by atoms with Crippen LogP contribution < -0.4 is 5.11 Å². The second-order valence-corrected chi connectivity index (χ2v) is 2.70. The van der Waals surface area contributed by atoms with Crippen LogP contribution in [-0.2, 0) is 9.47 Å². The lowest BCUT2D eigenvalue weighted by Crippen LogP contribution is -2.39. The highest BCUT2D eigenvalue weighted by molar-refractivity contribution is 4.93. The van der Waals surface area contributed by atoms with Gasteiger partial charge in [0.2, 0.25) is 0 Å². The number of aliphatic hydroxyl groups is 1. The number of hydrogen-bond donors (Lipinski definition) is 1. The van der Waals surface area contributed by atoms with Crippen molar-refractivity contribution in [3.63, 3.8) is 0 Å². The molecule has 0 spiro atoms. The molecule has 0 radical (unpaired) electrons. The van der Waals surface area contributed by atoms with Crippen molar-refractivity contribution in [3.8, 4) is 0 Å². The summed E-state index contributed by atoms with van der Waals surface area (Å²) in [7, 11) is 0. The fourth-order valence-corrected chi connectivity index (χ4v) is 1.44. The van der Waals surface area contributed by atoms with Crippen LogP contribution in [0.2, 0.25) is 0 Å². The number of fused-ring (bicyclic) bond motifs is 1. The highest BCUT2D eigenvalue weighted by Gasteiger charge is 2.42. The lowest BCUT2D eigenvalue weighted by Gasteiger charge is -2.19.